The van der Waals surface area contributed by atoms with Crippen LogP contribution in [-0.4, -0.2) is 11.2 Å². The number of halogens is 1. The van der Waals surface area contributed by atoms with Gasteiger partial charge in [0.1, 0.15) is 0 Å². The number of aromatic nitrogens is 1. The van der Waals surface area contributed by atoms with Crippen molar-refractivity contribution in [2.45, 2.75) is 226 Å². The summed E-state index contributed by atoms with van der Waals surface area (Å²) in [5.41, 5.74) is 3.32. The molecule has 1 aliphatic heterocycles. The molecule has 2 aromatic carbocycles. The molecule has 0 unspecified atom stereocenters. The second-order valence-corrected chi connectivity index (χ2v) is 18.4. The molecule has 62 heavy (non-hydrogen) atoms. The Hall–Kier alpha value is -2.88. The van der Waals surface area contributed by atoms with Gasteiger partial charge in [-0.1, -0.05) is 224 Å². The Balaban J connectivity index is 0.00000193. The normalized spacial score (nSPS) is 13.3. The van der Waals surface area contributed by atoms with E-state index in [-0.39, 0.29) is 0 Å². The summed E-state index contributed by atoms with van der Waals surface area (Å²) in [5.74, 6) is 2.78. The van der Waals surface area contributed by atoms with Gasteiger partial charge in [-0.15, -0.1) is 0 Å². The highest BCUT2D eigenvalue weighted by Crippen LogP contribution is 2.39. The summed E-state index contributed by atoms with van der Waals surface area (Å²) >= 11 is 0. The van der Waals surface area contributed by atoms with Gasteiger partial charge < -0.3 is 14.1 Å². The molecule has 0 saturated carbocycles. The summed E-state index contributed by atoms with van der Waals surface area (Å²) in [6.07, 6.45) is 50.9. The highest BCUT2D eigenvalue weighted by molar-refractivity contribution is 5.70. The number of rotatable bonds is 36. The molecule has 1 N–H and O–H groups in total. The molecule has 9 heteroatoms. The van der Waals surface area contributed by atoms with Crippen molar-refractivity contribution in [3.8, 4) is 5.75 Å². The van der Waals surface area contributed by atoms with Crippen molar-refractivity contribution in [3.63, 3.8) is 0 Å². The van der Waals surface area contributed by atoms with E-state index < -0.39 is 10.2 Å². The number of hydrogen-bond acceptors (Lipinski definition) is 7. The molecule has 0 amide bonds. The first-order valence-electron chi connectivity index (χ1n) is 25.3. The minimum absolute atomic E-state index is 0.911. The molecule has 0 bridgehead atoms. The summed E-state index contributed by atoms with van der Waals surface area (Å²) in [4.78, 5) is 2.37. The maximum Gasteiger partial charge on any atom is 0.374 e. The number of ether oxygens (including phenoxy) is 1. The van der Waals surface area contributed by atoms with Crippen LogP contribution in [0.5, 0.6) is 5.75 Å². The van der Waals surface area contributed by atoms with E-state index in [0.29, 0.717) is 0 Å². The number of benzene rings is 2. The third kappa shape index (κ3) is 24.8. The van der Waals surface area contributed by atoms with Crippen molar-refractivity contribution in [3.05, 3.63) is 72.5 Å². The molecule has 1 aromatic heterocycles. The summed E-state index contributed by atoms with van der Waals surface area (Å²) in [6.45, 7) is 6.57. The van der Waals surface area contributed by atoms with E-state index in [1.165, 1.54) is 217 Å². The predicted molar refractivity (Wildman–Crippen MR) is 249 cm³/mol. The van der Waals surface area contributed by atoms with E-state index in [0.717, 1.165) is 36.2 Å². The Morgan fingerprint density at radius 1 is 0.548 bits per heavy atom. The highest BCUT2D eigenvalue weighted by atomic mass is 35.7. The molecule has 0 radical (unpaired) electrons. The first-order chi connectivity index (χ1) is 30.3. The molecule has 0 atom stereocenters. The Labute approximate surface area is 379 Å². The van der Waals surface area contributed by atoms with Crippen molar-refractivity contribution >= 4 is 22.9 Å². The lowest BCUT2D eigenvalue weighted by Gasteiger charge is -2.18. The van der Waals surface area contributed by atoms with E-state index >= 15 is 0 Å². The molecular formula is C53H86ClN2O6+. The fourth-order valence-corrected chi connectivity index (χ4v) is 8.66. The van der Waals surface area contributed by atoms with Gasteiger partial charge in [-0.2, -0.15) is 18.5 Å². The van der Waals surface area contributed by atoms with Crippen LogP contribution in [0.25, 0.3) is 17.2 Å². The van der Waals surface area contributed by atoms with Crippen LogP contribution in [-0.2, 0) is 6.54 Å². The van der Waals surface area contributed by atoms with Gasteiger partial charge in [0, 0.05) is 19.0 Å². The van der Waals surface area contributed by atoms with E-state index in [1.54, 1.807) is 0 Å². The van der Waals surface area contributed by atoms with Crippen molar-refractivity contribution in [2.24, 2.45) is 0 Å². The molecule has 4 rings (SSSR count). The lowest BCUT2D eigenvalue weighted by Crippen LogP contribution is -2.58. The number of anilines is 1. The maximum atomic E-state index is 8.60. The van der Waals surface area contributed by atoms with Crippen molar-refractivity contribution in [1.29, 1.82) is 0 Å². The van der Waals surface area contributed by atoms with Gasteiger partial charge in [-0.05, 0) is 43.2 Å². The topological polar surface area (TPSA) is 119 Å². The number of aryl methyl sites for hydroxylation is 1. The van der Waals surface area contributed by atoms with E-state index in [9.17, 15) is 0 Å². The molecular weight excluding hydrogens is 796 g/mol. The Bertz CT molecular complexity index is 1590. The molecule has 350 valence electrons. The largest absolute Gasteiger partial charge is 0.439 e. The molecule has 8 nitrogen and oxygen atoms in total. The number of para-hydroxylation sites is 4. The van der Waals surface area contributed by atoms with E-state index in [1.807, 2.05) is 0 Å². The monoisotopic (exact) mass is 882 g/mol. The number of hydrogen-bond donors (Lipinski definition) is 1. The minimum Gasteiger partial charge on any atom is -0.439 e. The SMILES string of the molecule is CCCCCCCCCCCCCCCCCCN1/C(=C\C=C\c2oc3ccccc3[n+]2CCCCCCCCCCCCCCCCCC)Oc2ccccc21.[O-][Cl+3]([O-])([O-])O. The zero-order valence-corrected chi connectivity index (χ0v) is 39.9. The summed E-state index contributed by atoms with van der Waals surface area (Å²) in [5, 5.41) is 0. The van der Waals surface area contributed by atoms with Crippen molar-refractivity contribution < 1.29 is 42.6 Å². The van der Waals surface area contributed by atoms with Gasteiger partial charge in [0.25, 0.3) is 5.52 Å². The number of fused-ring (bicyclic) bond motifs is 2. The van der Waals surface area contributed by atoms with Crippen LogP contribution in [0.3, 0.4) is 0 Å². The zero-order chi connectivity index (χ0) is 44.4. The summed E-state index contributed by atoms with van der Waals surface area (Å²) in [7, 11) is -4.69. The second kappa shape index (κ2) is 34.5. The van der Waals surface area contributed by atoms with Gasteiger partial charge in [0.2, 0.25) is 11.5 Å². The highest BCUT2D eigenvalue weighted by Gasteiger charge is 2.25. The lowest BCUT2D eigenvalue weighted by atomic mass is 10.0. The van der Waals surface area contributed by atoms with Crippen LogP contribution in [0, 0.1) is 10.2 Å². The molecule has 3 aromatic rings. The fraction of sp³-hybridized carbons (Fsp3) is 0.679. The first kappa shape index (κ1) is 53.5. The van der Waals surface area contributed by atoms with Gasteiger partial charge in [0.15, 0.2) is 12.3 Å². The zero-order valence-electron chi connectivity index (χ0n) is 39.2. The van der Waals surface area contributed by atoms with Crippen LogP contribution in [0.1, 0.15) is 225 Å². The Morgan fingerprint density at radius 2 is 0.952 bits per heavy atom. The van der Waals surface area contributed by atoms with E-state index in [2.05, 4.69) is 90.1 Å². The standard InChI is InChI=1S/C53H85N2O2.ClHO4/c1-3-5-7-9-11-13-15-17-19-21-23-25-27-29-31-37-46-54-48-40-33-35-42-50(48)56-52(54)44-39-45-53-55(49-41-34-36-43-51(49)57-53)47-38-32-30-28-26-24-22-20-18-16-14-12-10-8-6-4-2;2-1(3,4)5/h33-36,39-45H,3-32,37-38,46-47H2,1-2H3;(H,2,3,4,5)/q+1;. The predicted octanol–water partition coefficient (Wildman–Crippen LogP) is 12.9. The minimum atomic E-state index is -4.69. The number of allylic oxidation sites excluding steroid dienone is 2. The van der Waals surface area contributed by atoms with Crippen LogP contribution >= 0.6 is 0 Å². The average molecular weight is 883 g/mol. The lowest BCUT2D eigenvalue weighted by molar-refractivity contribution is -1.92. The summed E-state index contributed by atoms with van der Waals surface area (Å²) < 4.78 is 47.9. The molecule has 1 aliphatic rings. The van der Waals surface area contributed by atoms with Crippen LogP contribution < -0.4 is 28.2 Å². The van der Waals surface area contributed by atoms with Crippen LogP contribution in [0.15, 0.2) is 71.0 Å². The third-order valence-electron chi connectivity index (χ3n) is 12.2. The third-order valence-corrected chi connectivity index (χ3v) is 12.2. The van der Waals surface area contributed by atoms with Crippen molar-refractivity contribution in [1.82, 2.24) is 0 Å². The molecule has 0 saturated heterocycles. The van der Waals surface area contributed by atoms with Gasteiger partial charge in [-0.25, -0.2) is 0 Å². The smallest absolute Gasteiger partial charge is 0.374 e. The quantitative estimate of drug-likeness (QED) is 0.0456. The van der Waals surface area contributed by atoms with Crippen LogP contribution in [0.2, 0.25) is 0 Å². The molecule has 0 fully saturated rings. The van der Waals surface area contributed by atoms with E-state index in [4.69, 9.17) is 27.8 Å². The van der Waals surface area contributed by atoms with Crippen molar-refractivity contribution in [2.75, 3.05) is 11.4 Å². The van der Waals surface area contributed by atoms with Gasteiger partial charge >= 0.3 is 5.89 Å². The fourth-order valence-electron chi connectivity index (χ4n) is 8.66. The average Bonchev–Trinajstić information content (AvgIpc) is 3.79. The van der Waals surface area contributed by atoms with Gasteiger partial charge in [0.05, 0.1) is 26.7 Å². The van der Waals surface area contributed by atoms with Crippen LogP contribution in [0.4, 0.5) is 5.69 Å². The number of nitrogens with zero attached hydrogens (tertiary/aromatic N) is 2. The second-order valence-electron chi connectivity index (χ2n) is 17.6. The molecule has 2 heterocycles. The number of unbranched alkanes of at least 4 members (excludes halogenated alkanes) is 30. The maximum absolute atomic E-state index is 8.60. The van der Waals surface area contributed by atoms with Gasteiger partial charge in [-0.3, -0.25) is 0 Å². The molecule has 0 aliphatic carbocycles. The Kier molecular flexibility index (Phi) is 29.8. The number of oxazole rings is 1. The molecule has 0 spiro atoms. The Morgan fingerprint density at radius 3 is 1.44 bits per heavy atom. The first-order valence-corrected chi connectivity index (χ1v) is 26.6. The summed E-state index contributed by atoms with van der Waals surface area (Å²) in [6, 6.07) is 16.9.